The maximum atomic E-state index is 11.6. The van der Waals surface area contributed by atoms with Gasteiger partial charge in [0.05, 0.1) is 0 Å². The highest BCUT2D eigenvalue weighted by molar-refractivity contribution is 5.94. The van der Waals surface area contributed by atoms with E-state index in [1.165, 1.54) is 6.08 Å². The van der Waals surface area contributed by atoms with E-state index in [9.17, 15) is 9.59 Å². The van der Waals surface area contributed by atoms with Crippen molar-refractivity contribution in [1.29, 1.82) is 0 Å². The fourth-order valence-corrected chi connectivity index (χ4v) is 1.75. The lowest BCUT2D eigenvalue weighted by molar-refractivity contribution is -0.142. The van der Waals surface area contributed by atoms with Gasteiger partial charge in [-0.15, -0.1) is 0 Å². The summed E-state index contributed by atoms with van der Waals surface area (Å²) >= 11 is 0. The number of hydrogen-bond acceptors (Lipinski definition) is 3. The molecule has 2 aromatic carbocycles. The molecule has 0 saturated carbocycles. The summed E-state index contributed by atoms with van der Waals surface area (Å²) in [5.74, 6) is -0.924. The van der Waals surface area contributed by atoms with Gasteiger partial charge in [0.1, 0.15) is 0 Å². The Morgan fingerprint density at radius 3 is 2.41 bits per heavy atom. The fourth-order valence-electron chi connectivity index (χ4n) is 1.75. The first-order valence-electron chi connectivity index (χ1n) is 6.90. The summed E-state index contributed by atoms with van der Waals surface area (Å²) < 4.78 is 4.88. The first kappa shape index (κ1) is 15.5. The van der Waals surface area contributed by atoms with Crippen LogP contribution in [0.15, 0.2) is 60.7 Å². The molecule has 0 fully saturated rings. The molecule has 1 amide bonds. The third-order valence-corrected chi connectivity index (χ3v) is 2.89. The normalized spacial score (nSPS) is 10.4. The Labute approximate surface area is 129 Å². The van der Waals surface area contributed by atoms with Crippen molar-refractivity contribution in [3.8, 4) is 0 Å². The lowest BCUT2D eigenvalue weighted by Gasteiger charge is -2.04. The van der Waals surface area contributed by atoms with E-state index in [1.54, 1.807) is 18.2 Å². The molecule has 0 aliphatic carbocycles. The molecule has 4 nitrogen and oxygen atoms in total. The molecule has 0 aromatic heterocycles. The molecule has 112 valence electrons. The van der Waals surface area contributed by atoms with Crippen LogP contribution in [0.2, 0.25) is 0 Å². The molecule has 0 radical (unpaired) electrons. The Kier molecular flexibility index (Phi) is 5.49. The van der Waals surface area contributed by atoms with Gasteiger partial charge < -0.3 is 10.1 Å². The lowest BCUT2D eigenvalue weighted by atomic mass is 10.1. The number of hydrogen-bond donors (Lipinski definition) is 1. The maximum Gasteiger partial charge on any atom is 0.331 e. The fraction of sp³-hybridized carbons (Fsp3) is 0.111. The predicted molar refractivity (Wildman–Crippen MR) is 86.2 cm³/mol. The molecule has 2 aromatic rings. The molecule has 0 aliphatic rings. The SMILES string of the molecule is Cc1ccc(C=CC(=O)OCC(=O)Nc2ccccc2)cc1. The summed E-state index contributed by atoms with van der Waals surface area (Å²) in [6.07, 6.45) is 2.96. The maximum absolute atomic E-state index is 11.6. The van der Waals surface area contributed by atoms with Crippen LogP contribution in [0.25, 0.3) is 6.08 Å². The largest absolute Gasteiger partial charge is 0.452 e. The van der Waals surface area contributed by atoms with E-state index in [-0.39, 0.29) is 12.5 Å². The number of amides is 1. The number of carbonyl (C=O) groups is 2. The van der Waals surface area contributed by atoms with Crippen LogP contribution in [-0.2, 0) is 14.3 Å². The first-order valence-corrected chi connectivity index (χ1v) is 6.90. The summed E-state index contributed by atoms with van der Waals surface area (Å²) in [5, 5.41) is 2.64. The number of aryl methyl sites for hydroxylation is 1. The van der Waals surface area contributed by atoms with Gasteiger partial charge >= 0.3 is 5.97 Å². The van der Waals surface area contributed by atoms with E-state index in [0.29, 0.717) is 5.69 Å². The Morgan fingerprint density at radius 1 is 1.05 bits per heavy atom. The highest BCUT2D eigenvalue weighted by atomic mass is 16.5. The number of esters is 1. The quantitative estimate of drug-likeness (QED) is 0.681. The highest BCUT2D eigenvalue weighted by Crippen LogP contribution is 2.06. The van der Waals surface area contributed by atoms with Gasteiger partial charge in [-0.3, -0.25) is 4.79 Å². The van der Waals surface area contributed by atoms with Gasteiger partial charge in [0.25, 0.3) is 5.91 Å². The molecule has 1 N–H and O–H groups in total. The van der Waals surface area contributed by atoms with Crippen molar-refractivity contribution in [3.63, 3.8) is 0 Å². The Balaban J connectivity index is 1.77. The minimum atomic E-state index is -0.552. The molecular formula is C18H17NO3. The molecule has 4 heteroatoms. The van der Waals surface area contributed by atoms with Crippen LogP contribution < -0.4 is 5.32 Å². The second kappa shape index (κ2) is 7.78. The average molecular weight is 295 g/mol. The molecule has 0 unspecified atom stereocenters. The number of para-hydroxylation sites is 1. The Hall–Kier alpha value is -2.88. The van der Waals surface area contributed by atoms with Gasteiger partial charge in [-0.1, -0.05) is 48.0 Å². The zero-order valence-electron chi connectivity index (χ0n) is 12.3. The molecule has 2 rings (SSSR count). The van der Waals surface area contributed by atoms with Crippen LogP contribution in [0.3, 0.4) is 0 Å². The van der Waals surface area contributed by atoms with Crippen LogP contribution >= 0.6 is 0 Å². The van der Waals surface area contributed by atoms with Crippen LogP contribution in [0, 0.1) is 6.92 Å². The van der Waals surface area contributed by atoms with Crippen molar-refractivity contribution >= 4 is 23.6 Å². The molecule has 22 heavy (non-hydrogen) atoms. The second-order valence-corrected chi connectivity index (χ2v) is 4.77. The number of ether oxygens (including phenoxy) is 1. The van der Waals surface area contributed by atoms with Crippen LogP contribution in [-0.4, -0.2) is 18.5 Å². The third-order valence-electron chi connectivity index (χ3n) is 2.89. The molecular weight excluding hydrogens is 278 g/mol. The molecule has 0 bridgehead atoms. The topological polar surface area (TPSA) is 55.4 Å². The minimum Gasteiger partial charge on any atom is -0.452 e. The Bertz CT molecular complexity index is 660. The number of rotatable bonds is 5. The van der Waals surface area contributed by atoms with Crippen LogP contribution in [0.1, 0.15) is 11.1 Å². The number of anilines is 1. The van der Waals surface area contributed by atoms with Crippen LogP contribution in [0.5, 0.6) is 0 Å². The van der Waals surface area contributed by atoms with Crippen molar-refractivity contribution in [2.24, 2.45) is 0 Å². The predicted octanol–water partition coefficient (Wildman–Crippen LogP) is 3.19. The molecule has 0 saturated heterocycles. The van der Waals surface area contributed by atoms with Crippen molar-refractivity contribution in [2.75, 3.05) is 11.9 Å². The van der Waals surface area contributed by atoms with E-state index in [0.717, 1.165) is 11.1 Å². The van der Waals surface area contributed by atoms with Crippen molar-refractivity contribution in [1.82, 2.24) is 0 Å². The van der Waals surface area contributed by atoms with Gasteiger partial charge in [0, 0.05) is 11.8 Å². The standard InChI is InChI=1S/C18H17NO3/c1-14-7-9-15(10-8-14)11-12-18(21)22-13-17(20)19-16-5-3-2-4-6-16/h2-12H,13H2,1H3,(H,19,20). The summed E-state index contributed by atoms with van der Waals surface area (Å²) in [7, 11) is 0. The van der Waals surface area contributed by atoms with Gasteiger partial charge in [0.15, 0.2) is 6.61 Å². The van der Waals surface area contributed by atoms with Crippen molar-refractivity contribution in [2.45, 2.75) is 6.92 Å². The summed E-state index contributed by atoms with van der Waals surface area (Å²) in [5.41, 5.74) is 2.72. The van der Waals surface area contributed by atoms with E-state index in [1.807, 2.05) is 49.4 Å². The van der Waals surface area contributed by atoms with Gasteiger partial charge in [-0.25, -0.2) is 4.79 Å². The molecule has 0 atom stereocenters. The smallest absolute Gasteiger partial charge is 0.331 e. The number of nitrogens with one attached hydrogen (secondary N) is 1. The zero-order chi connectivity index (χ0) is 15.8. The average Bonchev–Trinajstić information content (AvgIpc) is 2.53. The van der Waals surface area contributed by atoms with Gasteiger partial charge in [-0.05, 0) is 30.7 Å². The zero-order valence-corrected chi connectivity index (χ0v) is 12.3. The Morgan fingerprint density at radius 2 is 1.73 bits per heavy atom. The molecule has 0 spiro atoms. The second-order valence-electron chi connectivity index (χ2n) is 4.77. The van der Waals surface area contributed by atoms with E-state index >= 15 is 0 Å². The van der Waals surface area contributed by atoms with Crippen LogP contribution in [0.4, 0.5) is 5.69 Å². The third kappa shape index (κ3) is 5.25. The minimum absolute atomic E-state index is 0.314. The van der Waals surface area contributed by atoms with Crippen molar-refractivity contribution < 1.29 is 14.3 Å². The molecule has 0 heterocycles. The van der Waals surface area contributed by atoms with Crippen molar-refractivity contribution in [3.05, 3.63) is 71.8 Å². The highest BCUT2D eigenvalue weighted by Gasteiger charge is 2.05. The lowest BCUT2D eigenvalue weighted by Crippen LogP contribution is -2.20. The summed E-state index contributed by atoms with van der Waals surface area (Å²) in [6.45, 7) is 1.68. The summed E-state index contributed by atoms with van der Waals surface area (Å²) in [6, 6.07) is 16.7. The van der Waals surface area contributed by atoms with E-state index in [4.69, 9.17) is 4.74 Å². The number of carbonyl (C=O) groups excluding carboxylic acids is 2. The first-order chi connectivity index (χ1) is 10.6. The monoisotopic (exact) mass is 295 g/mol. The van der Waals surface area contributed by atoms with E-state index in [2.05, 4.69) is 5.32 Å². The van der Waals surface area contributed by atoms with Gasteiger partial charge in [-0.2, -0.15) is 0 Å². The summed E-state index contributed by atoms with van der Waals surface area (Å²) in [4.78, 5) is 23.2. The number of benzene rings is 2. The van der Waals surface area contributed by atoms with E-state index < -0.39 is 5.97 Å². The van der Waals surface area contributed by atoms with Gasteiger partial charge in [0.2, 0.25) is 0 Å². The molecule has 0 aliphatic heterocycles.